The molecule has 1 aromatic heterocycles. The van der Waals surface area contributed by atoms with Crippen LogP contribution in [0.3, 0.4) is 0 Å². The summed E-state index contributed by atoms with van der Waals surface area (Å²) in [6.07, 6.45) is -3.26. The number of hydrogen-bond acceptors (Lipinski definition) is 4. The Labute approximate surface area is 113 Å². The summed E-state index contributed by atoms with van der Waals surface area (Å²) in [6, 6.07) is 1.41. The van der Waals surface area contributed by atoms with Gasteiger partial charge in [0.1, 0.15) is 11.5 Å². The molecule has 20 heavy (non-hydrogen) atoms. The van der Waals surface area contributed by atoms with Crippen molar-refractivity contribution in [3.05, 3.63) is 23.4 Å². The van der Waals surface area contributed by atoms with Crippen molar-refractivity contribution in [1.29, 1.82) is 0 Å². The molecule has 1 aliphatic heterocycles. The average molecular weight is 289 g/mol. The van der Waals surface area contributed by atoms with Crippen LogP contribution in [0.1, 0.15) is 28.9 Å². The van der Waals surface area contributed by atoms with E-state index in [2.05, 4.69) is 4.98 Å². The maximum atomic E-state index is 12.7. The van der Waals surface area contributed by atoms with Crippen LogP contribution in [0.2, 0.25) is 0 Å². The summed E-state index contributed by atoms with van der Waals surface area (Å²) in [4.78, 5) is 16.4. The Morgan fingerprint density at radius 1 is 1.50 bits per heavy atom. The van der Waals surface area contributed by atoms with Crippen molar-refractivity contribution in [3.8, 4) is 0 Å². The van der Waals surface area contributed by atoms with Crippen LogP contribution in [0.15, 0.2) is 12.1 Å². The number of nitrogens with zero attached hydrogens (tertiary/aromatic N) is 2. The van der Waals surface area contributed by atoms with Gasteiger partial charge in [0.05, 0.1) is 18.2 Å². The summed E-state index contributed by atoms with van der Waals surface area (Å²) in [7, 11) is 0. The first-order valence-corrected chi connectivity index (χ1v) is 6.10. The number of primary amides is 1. The van der Waals surface area contributed by atoms with Gasteiger partial charge >= 0.3 is 6.18 Å². The topological polar surface area (TPSA) is 79.5 Å². The minimum Gasteiger partial charge on any atom is -0.394 e. The lowest BCUT2D eigenvalue weighted by atomic mass is 10.2. The highest BCUT2D eigenvalue weighted by molar-refractivity contribution is 5.97. The first-order valence-electron chi connectivity index (χ1n) is 6.10. The summed E-state index contributed by atoms with van der Waals surface area (Å²) in [5, 5.41) is 9.25. The smallest absolute Gasteiger partial charge is 0.394 e. The van der Waals surface area contributed by atoms with E-state index in [1.807, 2.05) is 0 Å². The molecule has 0 saturated carbocycles. The summed E-state index contributed by atoms with van der Waals surface area (Å²) in [5.41, 5.74) is 4.03. The molecule has 1 saturated heterocycles. The summed E-state index contributed by atoms with van der Waals surface area (Å²) >= 11 is 0. The van der Waals surface area contributed by atoms with Gasteiger partial charge < -0.3 is 15.7 Å². The zero-order valence-electron chi connectivity index (χ0n) is 10.5. The maximum Gasteiger partial charge on any atom is 0.433 e. The van der Waals surface area contributed by atoms with Crippen molar-refractivity contribution in [2.24, 2.45) is 5.73 Å². The van der Waals surface area contributed by atoms with Gasteiger partial charge in [0.15, 0.2) is 0 Å². The number of alkyl halides is 3. The van der Waals surface area contributed by atoms with Gasteiger partial charge in [-0.3, -0.25) is 4.79 Å². The van der Waals surface area contributed by atoms with Crippen molar-refractivity contribution >= 4 is 11.7 Å². The van der Waals surface area contributed by atoms with Gasteiger partial charge in [-0.1, -0.05) is 0 Å². The second kappa shape index (κ2) is 5.28. The molecule has 110 valence electrons. The Balaban J connectivity index is 2.50. The maximum absolute atomic E-state index is 12.7. The summed E-state index contributed by atoms with van der Waals surface area (Å²) in [6.45, 7) is 0.218. The molecule has 0 bridgehead atoms. The number of rotatable bonds is 3. The number of carbonyl (C=O) groups excluding carboxylic acids is 1. The van der Waals surface area contributed by atoms with Gasteiger partial charge in [0, 0.05) is 6.54 Å². The van der Waals surface area contributed by atoms with Crippen LogP contribution < -0.4 is 10.6 Å². The van der Waals surface area contributed by atoms with Crippen molar-refractivity contribution in [3.63, 3.8) is 0 Å². The molecule has 2 rings (SSSR count). The molecule has 3 N–H and O–H groups in total. The molecule has 2 heterocycles. The lowest BCUT2D eigenvalue weighted by Gasteiger charge is -2.26. The van der Waals surface area contributed by atoms with Crippen LogP contribution in [0.4, 0.5) is 19.0 Å². The average Bonchev–Trinajstić information content (AvgIpc) is 2.84. The molecule has 1 unspecified atom stereocenters. The zero-order chi connectivity index (χ0) is 14.9. The number of nitrogens with two attached hydrogens (primary N) is 1. The van der Waals surface area contributed by atoms with E-state index >= 15 is 0 Å². The minimum atomic E-state index is -4.60. The fourth-order valence-electron chi connectivity index (χ4n) is 2.32. The van der Waals surface area contributed by atoms with Crippen LogP contribution in [-0.2, 0) is 6.18 Å². The quantitative estimate of drug-likeness (QED) is 0.875. The van der Waals surface area contributed by atoms with Gasteiger partial charge in [0.2, 0.25) is 0 Å². The SMILES string of the molecule is NC(=O)c1ccc(C(F)(F)F)nc1N1CCCC1CO. The Kier molecular flexibility index (Phi) is 3.85. The molecule has 1 fully saturated rings. The Morgan fingerprint density at radius 3 is 2.75 bits per heavy atom. The van der Waals surface area contributed by atoms with Crippen molar-refractivity contribution in [2.75, 3.05) is 18.1 Å². The van der Waals surface area contributed by atoms with Crippen LogP contribution in [0.25, 0.3) is 0 Å². The molecule has 0 radical (unpaired) electrons. The van der Waals surface area contributed by atoms with Crippen LogP contribution in [-0.4, -0.2) is 35.2 Å². The van der Waals surface area contributed by atoms with E-state index in [0.717, 1.165) is 12.1 Å². The summed E-state index contributed by atoms with van der Waals surface area (Å²) < 4.78 is 38.2. The van der Waals surface area contributed by atoms with E-state index in [4.69, 9.17) is 5.73 Å². The van der Waals surface area contributed by atoms with Crippen LogP contribution in [0.5, 0.6) is 0 Å². The van der Waals surface area contributed by atoms with Crippen LogP contribution >= 0.6 is 0 Å². The number of aliphatic hydroxyl groups excluding tert-OH is 1. The fourth-order valence-corrected chi connectivity index (χ4v) is 2.32. The molecule has 0 aliphatic carbocycles. The molecule has 5 nitrogen and oxygen atoms in total. The number of halogens is 3. The molecule has 1 atom stereocenters. The molecular weight excluding hydrogens is 275 g/mol. The zero-order valence-corrected chi connectivity index (χ0v) is 10.5. The largest absolute Gasteiger partial charge is 0.433 e. The molecule has 1 aromatic rings. The Hall–Kier alpha value is -1.83. The van der Waals surface area contributed by atoms with E-state index < -0.39 is 17.8 Å². The van der Waals surface area contributed by atoms with Gasteiger partial charge in [-0.05, 0) is 25.0 Å². The fraction of sp³-hybridized carbons (Fsp3) is 0.500. The Morgan fingerprint density at radius 2 is 2.20 bits per heavy atom. The number of carbonyl (C=O) groups is 1. The van der Waals surface area contributed by atoms with E-state index in [1.165, 1.54) is 4.90 Å². The van der Waals surface area contributed by atoms with E-state index in [-0.39, 0.29) is 24.0 Å². The molecule has 0 aromatic carbocycles. The third kappa shape index (κ3) is 2.69. The van der Waals surface area contributed by atoms with Crippen molar-refractivity contribution < 1.29 is 23.1 Å². The minimum absolute atomic E-state index is 0.0710. The first-order chi connectivity index (χ1) is 9.34. The highest BCUT2D eigenvalue weighted by Crippen LogP contribution is 2.32. The number of aromatic nitrogens is 1. The number of aliphatic hydroxyl groups is 1. The predicted octanol–water partition coefficient (Wildman–Crippen LogP) is 1.16. The third-order valence-electron chi connectivity index (χ3n) is 3.29. The van der Waals surface area contributed by atoms with Crippen molar-refractivity contribution in [1.82, 2.24) is 4.98 Å². The molecule has 0 spiro atoms. The third-order valence-corrected chi connectivity index (χ3v) is 3.29. The van der Waals surface area contributed by atoms with E-state index in [9.17, 15) is 23.1 Å². The molecule has 1 amide bonds. The molecular formula is C12H14F3N3O2. The highest BCUT2D eigenvalue weighted by Gasteiger charge is 2.35. The Bertz CT molecular complexity index is 519. The first kappa shape index (κ1) is 14.6. The van der Waals surface area contributed by atoms with Gasteiger partial charge in [-0.2, -0.15) is 13.2 Å². The van der Waals surface area contributed by atoms with Crippen LogP contribution in [0, 0.1) is 0 Å². The van der Waals surface area contributed by atoms with Gasteiger partial charge in [-0.15, -0.1) is 0 Å². The lowest BCUT2D eigenvalue weighted by Crippen LogP contribution is -2.35. The lowest BCUT2D eigenvalue weighted by molar-refractivity contribution is -0.141. The monoisotopic (exact) mass is 289 g/mol. The number of amides is 1. The van der Waals surface area contributed by atoms with Crippen molar-refractivity contribution in [2.45, 2.75) is 25.1 Å². The van der Waals surface area contributed by atoms with E-state index in [1.54, 1.807) is 0 Å². The normalized spacial score (nSPS) is 19.4. The second-order valence-corrected chi connectivity index (χ2v) is 4.60. The van der Waals surface area contributed by atoms with Gasteiger partial charge in [-0.25, -0.2) is 4.98 Å². The predicted molar refractivity (Wildman–Crippen MR) is 65.2 cm³/mol. The number of hydrogen-bond donors (Lipinski definition) is 2. The molecule has 8 heteroatoms. The molecule has 1 aliphatic rings. The number of pyridine rings is 1. The highest BCUT2D eigenvalue weighted by atomic mass is 19.4. The standard InChI is InChI=1S/C12H14F3N3O2/c13-12(14,15)9-4-3-8(10(16)20)11(17-9)18-5-1-2-7(18)6-19/h3-4,7,19H,1-2,5-6H2,(H2,16,20). The van der Waals surface area contributed by atoms with Gasteiger partial charge in [0.25, 0.3) is 5.91 Å². The summed E-state index contributed by atoms with van der Waals surface area (Å²) in [5.74, 6) is -0.950. The second-order valence-electron chi connectivity index (χ2n) is 4.60. The number of anilines is 1. The van der Waals surface area contributed by atoms with E-state index in [0.29, 0.717) is 19.4 Å².